The van der Waals surface area contributed by atoms with Crippen LogP contribution in [-0.4, -0.2) is 40.5 Å². The lowest BCUT2D eigenvalue weighted by Crippen LogP contribution is -2.39. The maximum absolute atomic E-state index is 12.4. The smallest absolute Gasteiger partial charge is 0.284 e. The van der Waals surface area contributed by atoms with Gasteiger partial charge in [0.05, 0.1) is 10.5 Å². The first-order chi connectivity index (χ1) is 9.54. The van der Waals surface area contributed by atoms with Gasteiger partial charge in [0.2, 0.25) is 0 Å². The van der Waals surface area contributed by atoms with Crippen LogP contribution in [0.25, 0.3) is 0 Å². The van der Waals surface area contributed by atoms with E-state index < -0.39 is 4.92 Å². The van der Waals surface area contributed by atoms with Crippen molar-refractivity contribution < 1.29 is 14.8 Å². The molecule has 0 spiro atoms. The average Bonchev–Trinajstić information content (AvgIpc) is 2.46. The van der Waals surface area contributed by atoms with E-state index in [1.54, 1.807) is 11.0 Å². The van der Waals surface area contributed by atoms with Gasteiger partial charge in [-0.2, -0.15) is 0 Å². The molecule has 7 heteroatoms. The molecule has 0 saturated carbocycles. The van der Waals surface area contributed by atoms with Gasteiger partial charge in [-0.3, -0.25) is 14.9 Å². The molecule has 1 aromatic carbocycles. The van der Waals surface area contributed by atoms with Crippen LogP contribution in [-0.2, 0) is 0 Å². The minimum absolute atomic E-state index is 0.110. The number of nitro groups is 1. The second-order valence-electron chi connectivity index (χ2n) is 4.81. The van der Waals surface area contributed by atoms with Crippen molar-refractivity contribution in [2.45, 2.75) is 12.8 Å². The summed E-state index contributed by atoms with van der Waals surface area (Å²) in [5.74, 6) is 0.0320. The molecule has 108 valence electrons. The largest absolute Gasteiger partial charge is 0.396 e. The monoisotopic (exact) mass is 342 g/mol. The fourth-order valence-electron chi connectivity index (χ4n) is 2.31. The number of nitro benzene ring substituents is 1. The summed E-state index contributed by atoms with van der Waals surface area (Å²) in [7, 11) is 0. The third-order valence-corrected chi connectivity index (χ3v) is 4.40. The maximum Gasteiger partial charge on any atom is 0.284 e. The Morgan fingerprint density at radius 3 is 2.65 bits per heavy atom. The third kappa shape index (κ3) is 2.99. The normalized spacial score (nSPS) is 16.2. The highest BCUT2D eigenvalue weighted by molar-refractivity contribution is 9.10. The quantitative estimate of drug-likeness (QED) is 0.674. The van der Waals surface area contributed by atoms with Crippen molar-refractivity contribution in [2.75, 3.05) is 19.7 Å². The van der Waals surface area contributed by atoms with Gasteiger partial charge in [0.1, 0.15) is 4.47 Å². The number of benzene rings is 1. The van der Waals surface area contributed by atoms with E-state index in [1.807, 2.05) is 0 Å². The molecule has 0 aromatic heterocycles. The Hall–Kier alpha value is -1.47. The Labute approximate surface area is 124 Å². The standard InChI is InChI=1S/C13H15BrN2O4/c14-12-10(2-1-3-11(12)16(19)20)13(18)15-6-4-9(8-17)5-7-15/h1-3,9,17H,4-8H2. The van der Waals surface area contributed by atoms with Crippen molar-refractivity contribution in [2.24, 2.45) is 5.92 Å². The summed E-state index contributed by atoms with van der Waals surface area (Å²) < 4.78 is 0.222. The van der Waals surface area contributed by atoms with Crippen molar-refractivity contribution in [1.82, 2.24) is 4.90 Å². The number of carbonyl (C=O) groups excluding carboxylic acids is 1. The van der Waals surface area contributed by atoms with E-state index >= 15 is 0 Å². The lowest BCUT2D eigenvalue weighted by Gasteiger charge is -2.31. The van der Waals surface area contributed by atoms with Crippen molar-refractivity contribution in [3.05, 3.63) is 38.3 Å². The first-order valence-corrected chi connectivity index (χ1v) is 7.17. The van der Waals surface area contributed by atoms with Gasteiger partial charge in [-0.25, -0.2) is 0 Å². The first-order valence-electron chi connectivity index (χ1n) is 6.37. The van der Waals surface area contributed by atoms with Gasteiger partial charge in [-0.15, -0.1) is 0 Å². The highest BCUT2D eigenvalue weighted by atomic mass is 79.9. The van der Waals surface area contributed by atoms with E-state index in [0.29, 0.717) is 18.7 Å². The van der Waals surface area contributed by atoms with E-state index in [0.717, 1.165) is 12.8 Å². The molecule has 0 aliphatic carbocycles. The number of likely N-dealkylation sites (tertiary alicyclic amines) is 1. The number of halogens is 1. The predicted octanol–water partition coefficient (Wildman–Crippen LogP) is 2.20. The summed E-state index contributed by atoms with van der Waals surface area (Å²) >= 11 is 3.15. The second kappa shape index (κ2) is 6.32. The lowest BCUT2D eigenvalue weighted by molar-refractivity contribution is -0.385. The second-order valence-corrected chi connectivity index (χ2v) is 5.61. The molecular weight excluding hydrogens is 328 g/mol. The molecule has 1 aliphatic rings. The Kier molecular flexibility index (Phi) is 4.72. The van der Waals surface area contributed by atoms with E-state index in [-0.39, 0.29) is 28.6 Å². The van der Waals surface area contributed by atoms with Gasteiger partial charge in [0, 0.05) is 25.8 Å². The molecule has 0 radical (unpaired) electrons. The molecule has 2 rings (SSSR count). The van der Waals surface area contributed by atoms with Crippen LogP contribution >= 0.6 is 15.9 Å². The maximum atomic E-state index is 12.4. The van der Waals surface area contributed by atoms with E-state index in [1.165, 1.54) is 12.1 Å². The molecule has 20 heavy (non-hydrogen) atoms. The number of aliphatic hydroxyl groups is 1. The molecule has 0 bridgehead atoms. The zero-order valence-corrected chi connectivity index (χ0v) is 12.4. The number of hydrogen-bond acceptors (Lipinski definition) is 4. The molecule has 0 atom stereocenters. The van der Waals surface area contributed by atoms with Crippen molar-refractivity contribution in [3.8, 4) is 0 Å². The van der Waals surface area contributed by atoms with Crippen LogP contribution in [0.2, 0.25) is 0 Å². The van der Waals surface area contributed by atoms with E-state index in [4.69, 9.17) is 5.11 Å². The molecule has 0 unspecified atom stereocenters. The lowest BCUT2D eigenvalue weighted by atomic mass is 9.97. The molecule has 1 aromatic rings. The first kappa shape index (κ1) is 14.9. The van der Waals surface area contributed by atoms with Crippen LogP contribution in [0.1, 0.15) is 23.2 Å². The molecule has 6 nitrogen and oxygen atoms in total. The van der Waals surface area contributed by atoms with Crippen molar-refractivity contribution in [3.63, 3.8) is 0 Å². The van der Waals surface area contributed by atoms with Crippen molar-refractivity contribution in [1.29, 1.82) is 0 Å². The number of hydrogen-bond donors (Lipinski definition) is 1. The Morgan fingerprint density at radius 1 is 1.45 bits per heavy atom. The SMILES string of the molecule is O=C(c1cccc([N+](=O)[O-])c1Br)N1CCC(CO)CC1. The van der Waals surface area contributed by atoms with Gasteiger partial charge in [-0.1, -0.05) is 6.07 Å². The van der Waals surface area contributed by atoms with Gasteiger partial charge in [-0.05, 0) is 40.8 Å². The van der Waals surface area contributed by atoms with Gasteiger partial charge in [0.15, 0.2) is 0 Å². The molecule has 1 heterocycles. The summed E-state index contributed by atoms with van der Waals surface area (Å²) in [5, 5.41) is 20.0. The van der Waals surface area contributed by atoms with Crippen LogP contribution in [0.15, 0.2) is 22.7 Å². The molecule has 1 aliphatic heterocycles. The van der Waals surface area contributed by atoms with Crippen molar-refractivity contribution >= 4 is 27.5 Å². The third-order valence-electron chi connectivity index (χ3n) is 3.57. The topological polar surface area (TPSA) is 83.7 Å². The van der Waals surface area contributed by atoms with Crippen LogP contribution in [0, 0.1) is 16.0 Å². The predicted molar refractivity (Wildman–Crippen MR) is 76.5 cm³/mol. The number of nitrogens with zero attached hydrogens (tertiary/aromatic N) is 2. The Morgan fingerprint density at radius 2 is 2.10 bits per heavy atom. The Bertz CT molecular complexity index is 527. The summed E-state index contributed by atoms with van der Waals surface area (Å²) in [6.07, 6.45) is 1.52. The number of aliphatic hydroxyl groups excluding tert-OH is 1. The van der Waals surface area contributed by atoms with Gasteiger partial charge < -0.3 is 10.0 Å². The minimum Gasteiger partial charge on any atom is -0.396 e. The molecule has 1 fully saturated rings. The number of rotatable bonds is 3. The highest BCUT2D eigenvalue weighted by Gasteiger charge is 2.26. The number of piperidine rings is 1. The van der Waals surface area contributed by atoms with E-state index in [9.17, 15) is 14.9 Å². The summed E-state index contributed by atoms with van der Waals surface area (Å²) in [5.41, 5.74) is 0.197. The molecular formula is C13H15BrN2O4. The zero-order chi connectivity index (χ0) is 14.7. The Balaban J connectivity index is 2.18. The van der Waals surface area contributed by atoms with E-state index in [2.05, 4.69) is 15.9 Å². The van der Waals surface area contributed by atoms with Crippen LogP contribution < -0.4 is 0 Å². The van der Waals surface area contributed by atoms with Crippen LogP contribution in [0.5, 0.6) is 0 Å². The number of amides is 1. The fourth-order valence-corrected chi connectivity index (χ4v) is 2.89. The van der Waals surface area contributed by atoms with Gasteiger partial charge in [0.25, 0.3) is 11.6 Å². The molecule has 1 N–H and O–H groups in total. The zero-order valence-electron chi connectivity index (χ0n) is 10.8. The summed E-state index contributed by atoms with van der Waals surface area (Å²) in [6.45, 7) is 1.28. The van der Waals surface area contributed by atoms with Crippen LogP contribution in [0.3, 0.4) is 0 Å². The molecule has 1 saturated heterocycles. The summed E-state index contributed by atoms with van der Waals surface area (Å²) in [6, 6.07) is 4.45. The highest BCUT2D eigenvalue weighted by Crippen LogP contribution is 2.30. The average molecular weight is 343 g/mol. The van der Waals surface area contributed by atoms with Crippen LogP contribution in [0.4, 0.5) is 5.69 Å². The van der Waals surface area contributed by atoms with Gasteiger partial charge >= 0.3 is 0 Å². The fraction of sp³-hybridized carbons (Fsp3) is 0.462. The minimum atomic E-state index is -0.515. The summed E-state index contributed by atoms with van der Waals surface area (Å²) in [4.78, 5) is 24.4. The molecule has 1 amide bonds. The number of carbonyl (C=O) groups is 1.